The van der Waals surface area contributed by atoms with Crippen molar-refractivity contribution in [2.24, 2.45) is 0 Å². The maximum Gasteiger partial charge on any atom is 0.266 e. The van der Waals surface area contributed by atoms with Crippen molar-refractivity contribution in [3.63, 3.8) is 0 Å². The lowest BCUT2D eigenvalue weighted by atomic mass is 10.1. The first-order valence-corrected chi connectivity index (χ1v) is 9.30. The van der Waals surface area contributed by atoms with Crippen LogP contribution in [0.25, 0.3) is 6.08 Å². The normalized spacial score (nSPS) is 16.1. The Balaban J connectivity index is 2.10. The zero-order valence-corrected chi connectivity index (χ0v) is 16.0. The number of amides is 1. The van der Waals surface area contributed by atoms with E-state index in [9.17, 15) is 4.79 Å². The lowest BCUT2D eigenvalue weighted by molar-refractivity contribution is -0.122. The number of nitrogens with zero attached hydrogens (tertiary/aromatic N) is 1. The van der Waals surface area contributed by atoms with Crippen molar-refractivity contribution < 1.29 is 14.3 Å². The lowest BCUT2D eigenvalue weighted by Gasteiger charge is -2.13. The van der Waals surface area contributed by atoms with Crippen LogP contribution >= 0.6 is 24.0 Å². The predicted molar refractivity (Wildman–Crippen MR) is 104 cm³/mol. The average Bonchev–Trinajstić information content (AvgIpc) is 2.85. The summed E-state index contributed by atoms with van der Waals surface area (Å²) in [5.41, 5.74) is 0.888. The average molecular weight is 366 g/mol. The summed E-state index contributed by atoms with van der Waals surface area (Å²) in [4.78, 5) is 14.9. The first-order chi connectivity index (χ1) is 11.6. The highest BCUT2D eigenvalue weighted by Crippen LogP contribution is 2.34. The predicted octanol–water partition coefficient (Wildman–Crippen LogP) is 4.49. The second-order valence-electron chi connectivity index (χ2n) is 5.51. The molecule has 2 rings (SSSR count). The van der Waals surface area contributed by atoms with Gasteiger partial charge in [-0.1, -0.05) is 56.2 Å². The van der Waals surface area contributed by atoms with Gasteiger partial charge in [-0.3, -0.25) is 9.69 Å². The third kappa shape index (κ3) is 4.51. The number of ether oxygens (including phenoxy) is 2. The molecule has 0 unspecified atom stereocenters. The molecule has 0 aromatic heterocycles. The van der Waals surface area contributed by atoms with E-state index < -0.39 is 0 Å². The highest BCUT2D eigenvalue weighted by Gasteiger charge is 2.31. The molecule has 0 aliphatic carbocycles. The number of hydrogen-bond donors (Lipinski definition) is 0. The standard InChI is InChI=1S/C18H23NO3S2/c1-4-5-6-7-10-19-17(20)16(24-18(19)23)12-13-8-9-14(21-2)15(11-13)22-3/h8-9,11-12H,4-7,10H2,1-3H3/b16-12-. The van der Waals surface area contributed by atoms with E-state index in [-0.39, 0.29) is 5.91 Å². The number of thiocarbonyl (C=S) groups is 1. The van der Waals surface area contributed by atoms with Crippen molar-refractivity contribution in [3.05, 3.63) is 28.7 Å². The van der Waals surface area contributed by atoms with E-state index in [2.05, 4.69) is 6.92 Å². The first-order valence-electron chi connectivity index (χ1n) is 8.08. The van der Waals surface area contributed by atoms with Crippen LogP contribution in [0.1, 0.15) is 38.2 Å². The van der Waals surface area contributed by atoms with Crippen LogP contribution in [0.4, 0.5) is 0 Å². The third-order valence-corrected chi connectivity index (χ3v) is 5.19. The zero-order valence-electron chi connectivity index (χ0n) is 14.3. The number of hydrogen-bond acceptors (Lipinski definition) is 5. The molecule has 6 heteroatoms. The smallest absolute Gasteiger partial charge is 0.266 e. The van der Waals surface area contributed by atoms with Crippen molar-refractivity contribution in [2.45, 2.75) is 32.6 Å². The van der Waals surface area contributed by atoms with E-state index in [0.29, 0.717) is 27.3 Å². The third-order valence-electron chi connectivity index (χ3n) is 3.81. The first kappa shape index (κ1) is 18.8. The van der Waals surface area contributed by atoms with Crippen LogP contribution in [0.5, 0.6) is 11.5 Å². The number of carbonyl (C=O) groups is 1. The summed E-state index contributed by atoms with van der Waals surface area (Å²) in [6, 6.07) is 5.58. The number of carbonyl (C=O) groups excluding carboxylic acids is 1. The summed E-state index contributed by atoms with van der Waals surface area (Å²) in [6.45, 7) is 2.87. The zero-order chi connectivity index (χ0) is 17.5. The molecule has 1 aromatic rings. The van der Waals surface area contributed by atoms with Crippen LogP contribution in [0.2, 0.25) is 0 Å². The molecule has 1 aliphatic rings. The Bertz CT molecular complexity index is 643. The Morgan fingerprint density at radius 1 is 1.17 bits per heavy atom. The molecule has 0 radical (unpaired) electrons. The summed E-state index contributed by atoms with van der Waals surface area (Å²) in [7, 11) is 3.19. The van der Waals surface area contributed by atoms with Crippen LogP contribution in [0.15, 0.2) is 23.1 Å². The van der Waals surface area contributed by atoms with Crippen molar-refractivity contribution in [2.75, 3.05) is 20.8 Å². The van der Waals surface area contributed by atoms with E-state index in [1.165, 1.54) is 24.6 Å². The van der Waals surface area contributed by atoms with Crippen LogP contribution in [0, 0.1) is 0 Å². The van der Waals surface area contributed by atoms with Gasteiger partial charge in [-0.25, -0.2) is 0 Å². The topological polar surface area (TPSA) is 38.8 Å². The van der Waals surface area contributed by atoms with Gasteiger partial charge in [-0.2, -0.15) is 0 Å². The minimum absolute atomic E-state index is 0.00344. The summed E-state index contributed by atoms with van der Waals surface area (Å²) >= 11 is 6.72. The van der Waals surface area contributed by atoms with Gasteiger partial charge in [-0.05, 0) is 30.2 Å². The van der Waals surface area contributed by atoms with Crippen molar-refractivity contribution in [1.82, 2.24) is 4.90 Å². The molecule has 24 heavy (non-hydrogen) atoms. The van der Waals surface area contributed by atoms with Crippen molar-refractivity contribution in [1.29, 1.82) is 0 Å². The molecule has 1 aromatic carbocycles. The Morgan fingerprint density at radius 3 is 2.58 bits per heavy atom. The van der Waals surface area contributed by atoms with Crippen LogP contribution in [0.3, 0.4) is 0 Å². The molecule has 4 nitrogen and oxygen atoms in total. The van der Waals surface area contributed by atoms with E-state index in [1.807, 2.05) is 24.3 Å². The van der Waals surface area contributed by atoms with Gasteiger partial charge in [0.25, 0.3) is 5.91 Å². The summed E-state index contributed by atoms with van der Waals surface area (Å²) in [5, 5.41) is 0. The second-order valence-corrected chi connectivity index (χ2v) is 7.18. The highest BCUT2D eigenvalue weighted by molar-refractivity contribution is 8.26. The second kappa shape index (κ2) is 9.08. The molecule has 0 atom stereocenters. The maximum atomic E-state index is 12.6. The van der Waals surface area contributed by atoms with Crippen molar-refractivity contribution in [3.8, 4) is 11.5 Å². The molecule has 1 heterocycles. The van der Waals surface area contributed by atoms with E-state index >= 15 is 0 Å². The van der Waals surface area contributed by atoms with Gasteiger partial charge in [0.05, 0.1) is 19.1 Å². The summed E-state index contributed by atoms with van der Waals surface area (Å²) in [6.07, 6.45) is 6.34. The fourth-order valence-electron chi connectivity index (χ4n) is 2.48. The number of benzene rings is 1. The molecular formula is C18H23NO3S2. The Hall–Kier alpha value is -1.53. The molecule has 0 bridgehead atoms. The Labute approximate surface area is 153 Å². The molecule has 1 aliphatic heterocycles. The maximum absolute atomic E-state index is 12.6. The lowest BCUT2D eigenvalue weighted by Crippen LogP contribution is -2.28. The molecule has 0 N–H and O–H groups in total. The number of thioether (sulfide) groups is 1. The molecule has 0 saturated carbocycles. The number of rotatable bonds is 8. The van der Waals surface area contributed by atoms with Gasteiger partial charge in [0.2, 0.25) is 0 Å². The van der Waals surface area contributed by atoms with Crippen molar-refractivity contribution >= 4 is 40.3 Å². The van der Waals surface area contributed by atoms with Gasteiger partial charge in [-0.15, -0.1) is 0 Å². The van der Waals surface area contributed by atoms with Gasteiger partial charge in [0.15, 0.2) is 11.5 Å². The van der Waals surface area contributed by atoms with Crippen LogP contribution < -0.4 is 9.47 Å². The summed E-state index contributed by atoms with van der Waals surface area (Å²) in [5.74, 6) is 1.30. The minimum atomic E-state index is -0.00344. The van der Waals surface area contributed by atoms with E-state index in [4.69, 9.17) is 21.7 Å². The quantitative estimate of drug-likeness (QED) is 0.386. The molecular weight excluding hydrogens is 342 g/mol. The van der Waals surface area contributed by atoms with E-state index in [0.717, 1.165) is 18.4 Å². The monoisotopic (exact) mass is 365 g/mol. The molecule has 0 spiro atoms. The number of methoxy groups -OCH3 is 2. The highest BCUT2D eigenvalue weighted by atomic mass is 32.2. The van der Waals surface area contributed by atoms with Crippen LogP contribution in [-0.4, -0.2) is 35.9 Å². The van der Waals surface area contributed by atoms with Gasteiger partial charge in [0, 0.05) is 6.54 Å². The minimum Gasteiger partial charge on any atom is -0.493 e. The fourth-order valence-corrected chi connectivity index (χ4v) is 3.79. The van der Waals surface area contributed by atoms with Gasteiger partial charge in [0.1, 0.15) is 4.32 Å². The Morgan fingerprint density at radius 2 is 1.92 bits per heavy atom. The van der Waals surface area contributed by atoms with Gasteiger partial charge >= 0.3 is 0 Å². The Kier molecular flexibility index (Phi) is 7.12. The molecule has 1 fully saturated rings. The van der Waals surface area contributed by atoms with Gasteiger partial charge < -0.3 is 9.47 Å². The fraction of sp³-hybridized carbons (Fsp3) is 0.444. The van der Waals surface area contributed by atoms with E-state index in [1.54, 1.807) is 19.1 Å². The van der Waals surface area contributed by atoms with Crippen LogP contribution in [-0.2, 0) is 4.79 Å². The molecule has 1 amide bonds. The molecule has 1 saturated heterocycles. The number of unbranched alkanes of at least 4 members (excludes halogenated alkanes) is 3. The summed E-state index contributed by atoms with van der Waals surface area (Å²) < 4.78 is 11.2. The SMILES string of the molecule is CCCCCCN1C(=O)/C(=C/c2ccc(OC)c(OC)c2)SC1=S. The largest absolute Gasteiger partial charge is 0.493 e. The molecule has 130 valence electrons.